The first-order valence-electron chi connectivity index (χ1n) is 5.42. The van der Waals surface area contributed by atoms with Crippen LogP contribution in [0.4, 0.5) is 4.79 Å². The second-order valence-electron chi connectivity index (χ2n) is 5.38. The number of carbonyl (C=O) groups excluding carboxylic acids is 2. The third kappa shape index (κ3) is 5.94. The summed E-state index contributed by atoms with van der Waals surface area (Å²) in [5, 5.41) is 2.62. The Morgan fingerprint density at radius 1 is 1.29 bits per heavy atom. The van der Waals surface area contributed by atoms with Crippen LogP contribution in [0.3, 0.4) is 0 Å². The van der Waals surface area contributed by atoms with Gasteiger partial charge >= 0.3 is 6.09 Å². The second-order valence-corrected chi connectivity index (χ2v) is 5.38. The molecule has 0 saturated heterocycles. The van der Waals surface area contributed by atoms with Gasteiger partial charge in [0.15, 0.2) is 0 Å². The molecule has 0 radical (unpaired) electrons. The first-order chi connectivity index (χ1) is 7.46. The van der Waals surface area contributed by atoms with Crippen molar-refractivity contribution in [2.75, 3.05) is 0 Å². The lowest BCUT2D eigenvalue weighted by atomic mass is 9.90. The minimum atomic E-state index is -0.881. The molecule has 0 bridgehead atoms. The van der Waals surface area contributed by atoms with E-state index in [0.717, 1.165) is 0 Å². The van der Waals surface area contributed by atoms with Crippen LogP contribution >= 0.6 is 0 Å². The summed E-state index contributed by atoms with van der Waals surface area (Å²) in [5.74, 6) is -0.508. The Balaban J connectivity index is 4.72. The number of hydrogen-bond acceptors (Lipinski definition) is 3. The standard InChI is InChI=1S/C12H22N2O3/c1-8(2)12(6,7-9(13)15)14-10(16)17-11(3,4)5/h1,7H2,2-6H3,(H2,13,15)(H,14,16)/t12-/m1/s1. The number of amides is 2. The molecule has 98 valence electrons. The molecule has 0 fully saturated rings. The molecule has 1 atom stereocenters. The van der Waals surface area contributed by atoms with E-state index in [-0.39, 0.29) is 6.42 Å². The van der Waals surface area contributed by atoms with Crippen LogP contribution in [0, 0.1) is 0 Å². The molecule has 0 aliphatic heterocycles. The third-order valence-corrected chi connectivity index (χ3v) is 2.25. The Hall–Kier alpha value is -1.52. The van der Waals surface area contributed by atoms with Crippen LogP contribution in [0.2, 0.25) is 0 Å². The van der Waals surface area contributed by atoms with Crippen LogP contribution < -0.4 is 11.1 Å². The Morgan fingerprint density at radius 2 is 1.76 bits per heavy atom. The summed E-state index contributed by atoms with van der Waals surface area (Å²) in [5.41, 5.74) is 4.32. The number of alkyl carbamates (subject to hydrolysis) is 1. The smallest absolute Gasteiger partial charge is 0.408 e. The van der Waals surface area contributed by atoms with Gasteiger partial charge in [0.25, 0.3) is 0 Å². The fourth-order valence-corrected chi connectivity index (χ4v) is 1.18. The zero-order valence-corrected chi connectivity index (χ0v) is 11.2. The lowest BCUT2D eigenvalue weighted by Crippen LogP contribution is -2.50. The molecule has 3 N–H and O–H groups in total. The van der Waals surface area contributed by atoms with Crippen molar-refractivity contribution < 1.29 is 14.3 Å². The summed E-state index contributed by atoms with van der Waals surface area (Å²) in [6.07, 6.45) is -0.606. The van der Waals surface area contributed by atoms with Crippen LogP contribution in [-0.2, 0) is 9.53 Å². The number of nitrogens with one attached hydrogen (secondary N) is 1. The van der Waals surface area contributed by atoms with E-state index in [1.807, 2.05) is 0 Å². The van der Waals surface area contributed by atoms with E-state index in [9.17, 15) is 9.59 Å². The molecule has 5 heteroatoms. The molecule has 0 saturated carbocycles. The van der Waals surface area contributed by atoms with Crippen molar-refractivity contribution in [3.63, 3.8) is 0 Å². The van der Waals surface area contributed by atoms with Crippen molar-refractivity contribution in [3.8, 4) is 0 Å². The van der Waals surface area contributed by atoms with E-state index < -0.39 is 23.1 Å². The van der Waals surface area contributed by atoms with Crippen molar-refractivity contribution in [3.05, 3.63) is 12.2 Å². The fourth-order valence-electron chi connectivity index (χ4n) is 1.18. The lowest BCUT2D eigenvalue weighted by molar-refractivity contribution is -0.118. The van der Waals surface area contributed by atoms with E-state index >= 15 is 0 Å². The van der Waals surface area contributed by atoms with E-state index in [1.165, 1.54) is 0 Å². The number of hydrogen-bond donors (Lipinski definition) is 2. The van der Waals surface area contributed by atoms with Crippen LogP contribution in [0.5, 0.6) is 0 Å². The summed E-state index contributed by atoms with van der Waals surface area (Å²) < 4.78 is 5.12. The monoisotopic (exact) mass is 242 g/mol. The normalized spacial score (nSPS) is 14.6. The first kappa shape index (κ1) is 15.5. The summed E-state index contributed by atoms with van der Waals surface area (Å²) >= 11 is 0. The predicted molar refractivity (Wildman–Crippen MR) is 66.4 cm³/mol. The van der Waals surface area contributed by atoms with E-state index in [1.54, 1.807) is 34.6 Å². The molecule has 2 amide bonds. The minimum Gasteiger partial charge on any atom is -0.444 e. The van der Waals surface area contributed by atoms with E-state index in [0.29, 0.717) is 5.57 Å². The van der Waals surface area contributed by atoms with Gasteiger partial charge in [-0.1, -0.05) is 12.2 Å². The average Bonchev–Trinajstić information content (AvgIpc) is 1.96. The molecular weight excluding hydrogens is 220 g/mol. The SMILES string of the molecule is C=C(C)[C@@](C)(CC(N)=O)NC(=O)OC(C)(C)C. The molecule has 0 unspecified atom stereocenters. The highest BCUT2D eigenvalue weighted by atomic mass is 16.6. The molecule has 0 aliphatic carbocycles. The van der Waals surface area contributed by atoms with Crippen LogP contribution in [0.25, 0.3) is 0 Å². The topological polar surface area (TPSA) is 81.4 Å². The van der Waals surface area contributed by atoms with Gasteiger partial charge in [-0.2, -0.15) is 0 Å². The lowest BCUT2D eigenvalue weighted by Gasteiger charge is -2.31. The highest BCUT2D eigenvalue weighted by molar-refractivity contribution is 5.78. The number of ether oxygens (including phenoxy) is 1. The third-order valence-electron chi connectivity index (χ3n) is 2.25. The highest BCUT2D eigenvalue weighted by Crippen LogP contribution is 2.19. The minimum absolute atomic E-state index is 0.0123. The number of rotatable bonds is 4. The Kier molecular flexibility index (Phi) is 4.74. The van der Waals surface area contributed by atoms with E-state index in [2.05, 4.69) is 11.9 Å². The molecule has 0 rings (SSSR count). The highest BCUT2D eigenvalue weighted by Gasteiger charge is 2.31. The van der Waals surface area contributed by atoms with Gasteiger partial charge in [-0.25, -0.2) is 4.79 Å². The van der Waals surface area contributed by atoms with Gasteiger partial charge in [-0.05, 0) is 34.6 Å². The largest absolute Gasteiger partial charge is 0.444 e. The van der Waals surface area contributed by atoms with Crippen LogP contribution in [0.1, 0.15) is 41.0 Å². The molecule has 0 heterocycles. The zero-order valence-electron chi connectivity index (χ0n) is 11.2. The number of primary amides is 1. The van der Waals surface area contributed by atoms with Gasteiger partial charge in [-0.3, -0.25) is 4.79 Å². The average molecular weight is 242 g/mol. The van der Waals surface area contributed by atoms with Crippen molar-refractivity contribution in [2.24, 2.45) is 5.73 Å². The predicted octanol–water partition coefficient (Wildman–Crippen LogP) is 1.72. The maximum atomic E-state index is 11.6. The Morgan fingerprint density at radius 3 is 2.06 bits per heavy atom. The number of carbonyl (C=O) groups is 2. The summed E-state index contributed by atoms with van der Waals surface area (Å²) in [6, 6.07) is 0. The molecule has 0 aromatic rings. The van der Waals surface area contributed by atoms with Crippen molar-refractivity contribution in [2.45, 2.75) is 52.2 Å². The molecule has 0 aromatic heterocycles. The molecule has 5 nitrogen and oxygen atoms in total. The zero-order chi connectivity index (χ0) is 13.9. The van der Waals surface area contributed by atoms with Gasteiger partial charge in [0.2, 0.25) is 5.91 Å². The maximum Gasteiger partial charge on any atom is 0.408 e. The van der Waals surface area contributed by atoms with Gasteiger partial charge < -0.3 is 15.8 Å². The van der Waals surface area contributed by atoms with Gasteiger partial charge in [0.05, 0.1) is 12.0 Å². The molecular formula is C12H22N2O3. The first-order valence-corrected chi connectivity index (χ1v) is 5.42. The summed E-state index contributed by atoms with van der Waals surface area (Å²) in [4.78, 5) is 22.6. The van der Waals surface area contributed by atoms with E-state index in [4.69, 9.17) is 10.5 Å². The molecule has 0 aliphatic rings. The van der Waals surface area contributed by atoms with Crippen molar-refractivity contribution in [1.29, 1.82) is 0 Å². The molecule has 0 spiro atoms. The van der Waals surface area contributed by atoms with Gasteiger partial charge in [0.1, 0.15) is 5.60 Å². The maximum absolute atomic E-state index is 11.6. The molecule has 0 aromatic carbocycles. The molecule has 17 heavy (non-hydrogen) atoms. The Bertz CT molecular complexity index is 331. The van der Waals surface area contributed by atoms with Gasteiger partial charge in [0, 0.05) is 0 Å². The van der Waals surface area contributed by atoms with Crippen molar-refractivity contribution in [1.82, 2.24) is 5.32 Å². The van der Waals surface area contributed by atoms with Crippen LogP contribution in [-0.4, -0.2) is 23.1 Å². The second kappa shape index (κ2) is 5.21. The fraction of sp³-hybridized carbons (Fsp3) is 0.667. The summed E-state index contributed by atoms with van der Waals surface area (Å²) in [7, 11) is 0. The number of nitrogens with two attached hydrogens (primary N) is 1. The van der Waals surface area contributed by atoms with Crippen LogP contribution in [0.15, 0.2) is 12.2 Å². The quantitative estimate of drug-likeness (QED) is 0.736. The Labute approximate surface area is 102 Å². The summed E-state index contributed by atoms with van der Waals surface area (Å²) in [6.45, 7) is 12.4. The van der Waals surface area contributed by atoms with Crippen molar-refractivity contribution >= 4 is 12.0 Å². The van der Waals surface area contributed by atoms with Gasteiger partial charge in [-0.15, -0.1) is 0 Å².